The third kappa shape index (κ3) is 4.77. The lowest BCUT2D eigenvalue weighted by Crippen LogP contribution is -2.55. The molecule has 0 radical (unpaired) electrons. The number of nitrogens with zero attached hydrogens (tertiary/aromatic N) is 7. The molecule has 0 saturated carbocycles. The molecular weight excluding hydrogens is 516 g/mol. The number of aromatic nitrogens is 3. The molecule has 38 heavy (non-hydrogen) atoms. The quantitative estimate of drug-likeness (QED) is 0.375. The van der Waals surface area contributed by atoms with E-state index in [-0.39, 0.29) is 11.0 Å². The molecule has 0 bridgehead atoms. The summed E-state index contributed by atoms with van der Waals surface area (Å²) in [5.74, 6) is 1.17. The summed E-state index contributed by atoms with van der Waals surface area (Å²) < 4.78 is 4.74. The summed E-state index contributed by atoms with van der Waals surface area (Å²) in [6.07, 6.45) is 4.65. The van der Waals surface area contributed by atoms with Gasteiger partial charge in [-0.1, -0.05) is 6.92 Å². The van der Waals surface area contributed by atoms with Gasteiger partial charge < -0.3 is 14.8 Å². The van der Waals surface area contributed by atoms with Crippen molar-refractivity contribution in [3.8, 4) is 17.6 Å². The molecule has 0 unspecified atom stereocenters. The first kappa shape index (κ1) is 26.5. The van der Waals surface area contributed by atoms with E-state index in [2.05, 4.69) is 53.7 Å². The molecule has 11 heteroatoms. The largest absolute Gasteiger partial charge is 0.369 e. The van der Waals surface area contributed by atoms with Crippen molar-refractivity contribution >= 4 is 40.0 Å². The second kappa shape index (κ2) is 10.2. The van der Waals surface area contributed by atoms with E-state index in [1.165, 1.54) is 16.4 Å². The number of aliphatic imine (C=N–C) groups is 1. The first-order valence-corrected chi connectivity index (χ1v) is 14.5. The lowest BCUT2D eigenvalue weighted by atomic mass is 9.71. The normalized spacial score (nSPS) is 24.0. The molecule has 1 fully saturated rings. The maximum absolute atomic E-state index is 12.7. The van der Waals surface area contributed by atoms with E-state index >= 15 is 0 Å². The van der Waals surface area contributed by atoms with Crippen LogP contribution in [0.5, 0.6) is 0 Å². The highest BCUT2D eigenvalue weighted by atomic mass is 32.1. The summed E-state index contributed by atoms with van der Waals surface area (Å²) in [7, 11) is 5.98. The Kier molecular flexibility index (Phi) is 7.15. The first-order chi connectivity index (χ1) is 18.1. The molecule has 3 atom stereocenters. The molecule has 1 saturated heterocycles. The van der Waals surface area contributed by atoms with Crippen LogP contribution < -0.4 is 10.5 Å². The van der Waals surface area contributed by atoms with E-state index < -0.39 is 0 Å². The van der Waals surface area contributed by atoms with Crippen molar-refractivity contribution in [3.05, 3.63) is 43.4 Å². The van der Waals surface area contributed by atoms with Crippen LogP contribution in [0.25, 0.3) is 11.5 Å². The van der Waals surface area contributed by atoms with Crippen LogP contribution in [0.15, 0.2) is 21.9 Å². The van der Waals surface area contributed by atoms with Gasteiger partial charge in [-0.25, -0.2) is 9.98 Å². The molecule has 0 aromatic carbocycles. The van der Waals surface area contributed by atoms with E-state index in [0.29, 0.717) is 35.0 Å². The SMILES string of the molecule is C[C@H]1CN(c2cc(=O)[nH]c(-c3cc([C@@]4(C)CCCc5sc(/N=C/N(C)C)c(C#N)c54)sn3)n2)C[C@H](C)N1C. The number of aromatic amines is 1. The smallest absolute Gasteiger partial charge is 0.253 e. The van der Waals surface area contributed by atoms with E-state index in [9.17, 15) is 10.1 Å². The number of anilines is 1. The predicted octanol–water partition coefficient (Wildman–Crippen LogP) is 4.22. The van der Waals surface area contributed by atoms with Crippen molar-refractivity contribution in [1.82, 2.24) is 24.1 Å². The maximum Gasteiger partial charge on any atom is 0.253 e. The summed E-state index contributed by atoms with van der Waals surface area (Å²) in [5, 5.41) is 10.9. The summed E-state index contributed by atoms with van der Waals surface area (Å²) in [5.41, 5.74) is 1.86. The zero-order valence-electron chi connectivity index (χ0n) is 22.8. The zero-order valence-corrected chi connectivity index (χ0v) is 24.4. The highest BCUT2D eigenvalue weighted by Crippen LogP contribution is 2.51. The molecule has 3 aromatic heterocycles. The molecule has 1 aliphatic carbocycles. The van der Waals surface area contributed by atoms with Crippen LogP contribution >= 0.6 is 22.9 Å². The fraction of sp³-hybridized carbons (Fsp3) is 0.519. The molecule has 1 N–H and O–H groups in total. The number of H-pyrrole nitrogens is 1. The van der Waals surface area contributed by atoms with Crippen molar-refractivity contribution in [2.75, 3.05) is 39.1 Å². The number of nitriles is 1. The van der Waals surface area contributed by atoms with Crippen molar-refractivity contribution in [3.63, 3.8) is 0 Å². The van der Waals surface area contributed by atoms with Gasteiger partial charge in [-0.05, 0) is 63.3 Å². The Bertz CT molecular complexity index is 1450. The van der Waals surface area contributed by atoms with Gasteiger partial charge in [0.2, 0.25) is 0 Å². The number of piperazine rings is 1. The monoisotopic (exact) mass is 550 g/mol. The third-order valence-electron chi connectivity index (χ3n) is 7.82. The average Bonchev–Trinajstić information content (AvgIpc) is 3.51. The summed E-state index contributed by atoms with van der Waals surface area (Å²) >= 11 is 3.04. The number of hydrogen-bond donors (Lipinski definition) is 1. The highest BCUT2D eigenvalue weighted by molar-refractivity contribution is 7.16. The summed E-state index contributed by atoms with van der Waals surface area (Å²) in [4.78, 5) is 33.7. The molecule has 200 valence electrons. The number of nitrogens with one attached hydrogen (secondary N) is 1. The number of likely N-dealkylation sites (N-methyl/N-ethyl adjacent to an activating group) is 1. The van der Waals surface area contributed by atoms with Gasteiger partial charge in [0, 0.05) is 60.5 Å². The van der Waals surface area contributed by atoms with Crippen LogP contribution in [0.3, 0.4) is 0 Å². The Balaban J connectivity index is 1.51. The lowest BCUT2D eigenvalue weighted by Gasteiger charge is -2.42. The van der Waals surface area contributed by atoms with Gasteiger partial charge in [-0.3, -0.25) is 9.69 Å². The fourth-order valence-corrected chi connectivity index (χ4v) is 7.69. The molecule has 2 aliphatic rings. The standard InChI is InChI=1S/C27H34N8OS2/c1-16-13-35(14-17(2)34(16)6)22-11-23(36)31-25(30-22)19-10-21(38-32-19)27(3)9-7-8-20-24(27)18(12-28)26(37-20)29-15-33(4)5/h10-11,15-17H,7-9,13-14H2,1-6H3,(H,30,31,36)/b29-15+/t16-,17-,27+/m0/s1. The van der Waals surface area contributed by atoms with Crippen molar-refractivity contribution < 1.29 is 0 Å². The minimum absolute atomic E-state index is 0.182. The zero-order chi connectivity index (χ0) is 27.2. The molecule has 1 aliphatic heterocycles. The van der Waals surface area contributed by atoms with Gasteiger partial charge in [0.1, 0.15) is 22.6 Å². The number of aryl methyl sites for hydroxylation is 1. The van der Waals surface area contributed by atoms with Gasteiger partial charge >= 0.3 is 0 Å². The lowest BCUT2D eigenvalue weighted by molar-refractivity contribution is 0.169. The van der Waals surface area contributed by atoms with Gasteiger partial charge in [-0.15, -0.1) is 11.3 Å². The molecular formula is C27H34N8OS2. The molecule has 0 spiro atoms. The van der Waals surface area contributed by atoms with Crippen LogP contribution in [0.4, 0.5) is 10.8 Å². The van der Waals surface area contributed by atoms with E-state index in [0.717, 1.165) is 47.8 Å². The van der Waals surface area contributed by atoms with Gasteiger partial charge in [-0.2, -0.15) is 9.64 Å². The second-order valence-corrected chi connectivity index (χ2v) is 12.8. The van der Waals surface area contributed by atoms with E-state index in [4.69, 9.17) is 9.36 Å². The predicted molar refractivity (Wildman–Crippen MR) is 155 cm³/mol. The van der Waals surface area contributed by atoms with Crippen molar-refractivity contribution in [1.29, 1.82) is 5.26 Å². The summed E-state index contributed by atoms with van der Waals surface area (Å²) in [6, 6.07) is 6.79. The van der Waals surface area contributed by atoms with Crippen LogP contribution in [0.2, 0.25) is 0 Å². The highest BCUT2D eigenvalue weighted by Gasteiger charge is 2.40. The van der Waals surface area contributed by atoms with Gasteiger partial charge in [0.05, 0.1) is 11.9 Å². The van der Waals surface area contributed by atoms with Crippen LogP contribution in [0.1, 0.15) is 54.5 Å². The van der Waals surface area contributed by atoms with Gasteiger partial charge in [0.15, 0.2) is 5.82 Å². The molecule has 9 nitrogen and oxygen atoms in total. The van der Waals surface area contributed by atoms with Crippen molar-refractivity contribution in [2.45, 2.75) is 57.5 Å². The van der Waals surface area contributed by atoms with Crippen LogP contribution in [0, 0.1) is 11.3 Å². The first-order valence-electron chi connectivity index (χ1n) is 12.9. The number of thiophene rings is 1. The molecule has 4 heterocycles. The Morgan fingerprint density at radius 3 is 2.71 bits per heavy atom. The minimum Gasteiger partial charge on any atom is -0.369 e. The topological polar surface area (TPSA) is 105 Å². The average molecular weight is 551 g/mol. The number of rotatable bonds is 5. The summed E-state index contributed by atoms with van der Waals surface area (Å²) in [6.45, 7) is 8.22. The Labute approximate surface area is 231 Å². The van der Waals surface area contributed by atoms with E-state index in [1.807, 2.05) is 25.1 Å². The number of hydrogen-bond acceptors (Lipinski definition) is 9. The van der Waals surface area contributed by atoms with E-state index in [1.54, 1.807) is 23.7 Å². The second-order valence-electron chi connectivity index (χ2n) is 10.9. The molecule has 5 rings (SSSR count). The van der Waals surface area contributed by atoms with Crippen LogP contribution in [-0.4, -0.2) is 76.8 Å². The molecule has 3 aromatic rings. The Hall–Kier alpha value is -3.07. The molecule has 0 amide bonds. The Morgan fingerprint density at radius 2 is 2.03 bits per heavy atom. The van der Waals surface area contributed by atoms with Crippen LogP contribution in [-0.2, 0) is 11.8 Å². The fourth-order valence-electron chi connectivity index (χ4n) is 5.53. The van der Waals surface area contributed by atoms with Gasteiger partial charge in [0.25, 0.3) is 5.56 Å². The van der Waals surface area contributed by atoms with Crippen molar-refractivity contribution in [2.24, 2.45) is 4.99 Å². The minimum atomic E-state index is -0.350. The third-order valence-corrected chi connectivity index (χ3v) is 10.0. The maximum atomic E-state index is 12.7. The number of fused-ring (bicyclic) bond motifs is 1. The Morgan fingerprint density at radius 1 is 1.29 bits per heavy atom.